The van der Waals surface area contributed by atoms with Crippen molar-refractivity contribution in [1.82, 2.24) is 4.90 Å². The quantitative estimate of drug-likeness (QED) is 0.596. The molecule has 1 fully saturated rings. The summed E-state index contributed by atoms with van der Waals surface area (Å²) in [7, 11) is 3.83. The molecule has 0 amide bonds. The number of ether oxygens (including phenoxy) is 1. The zero-order chi connectivity index (χ0) is 16.4. The first-order valence-corrected chi connectivity index (χ1v) is 7.94. The van der Waals surface area contributed by atoms with Gasteiger partial charge in [-0.2, -0.15) is 0 Å². The van der Waals surface area contributed by atoms with Crippen molar-refractivity contribution >= 4 is 12.6 Å². The third kappa shape index (κ3) is 4.03. The molecule has 0 N–H and O–H groups in total. The first kappa shape index (κ1) is 17.3. The van der Waals surface area contributed by atoms with E-state index in [0.717, 1.165) is 30.8 Å². The Kier molecular flexibility index (Phi) is 5.20. The molecule has 0 unspecified atom stereocenters. The van der Waals surface area contributed by atoms with Gasteiger partial charge in [-0.25, -0.2) is 0 Å². The highest BCUT2D eigenvalue weighted by Gasteiger charge is 2.51. The third-order valence-electron chi connectivity index (χ3n) is 4.42. The van der Waals surface area contributed by atoms with Crippen LogP contribution in [0.1, 0.15) is 34.1 Å². The lowest BCUT2D eigenvalue weighted by atomic mass is 9.79. The second-order valence-electron chi connectivity index (χ2n) is 7.16. The lowest BCUT2D eigenvalue weighted by Crippen LogP contribution is -2.41. The van der Waals surface area contributed by atoms with Crippen molar-refractivity contribution in [2.24, 2.45) is 0 Å². The monoisotopic (exact) mass is 305 g/mol. The minimum Gasteiger partial charge on any atom is -0.494 e. The Morgan fingerprint density at radius 1 is 1.00 bits per heavy atom. The predicted octanol–water partition coefficient (Wildman–Crippen LogP) is 2.32. The topological polar surface area (TPSA) is 30.9 Å². The normalized spacial score (nSPS) is 19.7. The highest BCUT2D eigenvalue weighted by atomic mass is 16.7. The molecule has 1 aromatic rings. The van der Waals surface area contributed by atoms with E-state index in [0.29, 0.717) is 0 Å². The van der Waals surface area contributed by atoms with Crippen LogP contribution in [0.4, 0.5) is 0 Å². The van der Waals surface area contributed by atoms with Gasteiger partial charge in [0, 0.05) is 6.54 Å². The van der Waals surface area contributed by atoms with Crippen molar-refractivity contribution in [2.75, 3.05) is 27.2 Å². The van der Waals surface area contributed by atoms with Gasteiger partial charge in [-0.15, -0.1) is 0 Å². The second kappa shape index (κ2) is 6.61. The van der Waals surface area contributed by atoms with Gasteiger partial charge in [-0.3, -0.25) is 0 Å². The van der Waals surface area contributed by atoms with Crippen LogP contribution in [0.15, 0.2) is 24.3 Å². The molecule has 0 spiro atoms. The summed E-state index contributed by atoms with van der Waals surface area (Å²) in [6, 6.07) is 8.00. The molecule has 0 saturated carbocycles. The van der Waals surface area contributed by atoms with Gasteiger partial charge in [-0.1, -0.05) is 12.1 Å². The zero-order valence-corrected chi connectivity index (χ0v) is 14.7. The fourth-order valence-electron chi connectivity index (χ4n) is 2.27. The van der Waals surface area contributed by atoms with Crippen LogP contribution in [-0.2, 0) is 9.31 Å². The molecule has 4 nitrogen and oxygen atoms in total. The molecular formula is C17H28BNO3. The van der Waals surface area contributed by atoms with E-state index >= 15 is 0 Å². The molecule has 0 bridgehead atoms. The maximum Gasteiger partial charge on any atom is 0.494 e. The van der Waals surface area contributed by atoms with E-state index in [2.05, 4.69) is 46.7 Å². The average Bonchev–Trinajstić information content (AvgIpc) is 2.64. The van der Waals surface area contributed by atoms with Crippen LogP contribution in [0.5, 0.6) is 5.75 Å². The Morgan fingerprint density at radius 3 is 2.05 bits per heavy atom. The molecule has 0 aliphatic carbocycles. The Balaban J connectivity index is 1.90. The molecule has 5 heteroatoms. The molecule has 1 aliphatic heterocycles. The molecule has 0 radical (unpaired) electrons. The predicted molar refractivity (Wildman–Crippen MR) is 90.8 cm³/mol. The summed E-state index contributed by atoms with van der Waals surface area (Å²) in [5.74, 6) is 0.888. The smallest absolute Gasteiger partial charge is 0.494 e. The fraction of sp³-hybridized carbons (Fsp3) is 0.647. The van der Waals surface area contributed by atoms with Gasteiger partial charge in [-0.05, 0) is 65.8 Å². The zero-order valence-electron chi connectivity index (χ0n) is 14.7. The molecule has 1 aromatic carbocycles. The van der Waals surface area contributed by atoms with Gasteiger partial charge in [0.25, 0.3) is 0 Å². The van der Waals surface area contributed by atoms with Crippen molar-refractivity contribution in [1.29, 1.82) is 0 Å². The van der Waals surface area contributed by atoms with Crippen molar-refractivity contribution in [2.45, 2.75) is 45.3 Å². The van der Waals surface area contributed by atoms with Crippen LogP contribution in [0, 0.1) is 0 Å². The highest BCUT2D eigenvalue weighted by molar-refractivity contribution is 6.62. The molecule has 1 saturated heterocycles. The van der Waals surface area contributed by atoms with Crippen molar-refractivity contribution in [3.05, 3.63) is 24.3 Å². The molecule has 22 heavy (non-hydrogen) atoms. The molecule has 0 atom stereocenters. The van der Waals surface area contributed by atoms with Crippen LogP contribution in [-0.4, -0.2) is 50.5 Å². The summed E-state index contributed by atoms with van der Waals surface area (Å²) >= 11 is 0. The maximum absolute atomic E-state index is 6.05. The first-order chi connectivity index (χ1) is 10.2. The summed E-state index contributed by atoms with van der Waals surface area (Å²) in [6.45, 7) is 10.0. The fourth-order valence-corrected chi connectivity index (χ4v) is 2.27. The molecular weight excluding hydrogens is 277 g/mol. The van der Waals surface area contributed by atoms with Gasteiger partial charge >= 0.3 is 7.12 Å². The van der Waals surface area contributed by atoms with E-state index in [1.54, 1.807) is 0 Å². The summed E-state index contributed by atoms with van der Waals surface area (Å²) in [6.07, 6.45) is 1.02. The van der Waals surface area contributed by atoms with Crippen molar-refractivity contribution in [3.63, 3.8) is 0 Å². The minimum absolute atomic E-state index is 0.307. The summed E-state index contributed by atoms with van der Waals surface area (Å²) < 4.78 is 17.8. The van der Waals surface area contributed by atoms with Crippen LogP contribution in [0.3, 0.4) is 0 Å². The summed E-state index contributed by atoms with van der Waals surface area (Å²) in [4.78, 5) is 2.16. The molecule has 122 valence electrons. The molecule has 1 heterocycles. The second-order valence-corrected chi connectivity index (χ2v) is 7.16. The van der Waals surface area contributed by atoms with Crippen LogP contribution in [0.2, 0.25) is 0 Å². The largest absolute Gasteiger partial charge is 0.494 e. The number of hydrogen-bond acceptors (Lipinski definition) is 4. The van der Waals surface area contributed by atoms with Crippen molar-refractivity contribution in [3.8, 4) is 5.75 Å². The van der Waals surface area contributed by atoms with E-state index < -0.39 is 0 Å². The summed E-state index contributed by atoms with van der Waals surface area (Å²) in [5, 5.41) is 0. The number of nitrogens with zero attached hydrogens (tertiary/aromatic N) is 1. The van der Waals surface area contributed by atoms with Crippen LogP contribution < -0.4 is 10.2 Å². The van der Waals surface area contributed by atoms with Gasteiger partial charge < -0.3 is 18.9 Å². The number of benzene rings is 1. The summed E-state index contributed by atoms with van der Waals surface area (Å²) in [5.41, 5.74) is 0.414. The molecule has 2 rings (SSSR count). The van der Waals surface area contributed by atoms with E-state index in [9.17, 15) is 0 Å². The number of hydrogen-bond donors (Lipinski definition) is 0. The van der Waals surface area contributed by atoms with Crippen LogP contribution >= 0.6 is 0 Å². The lowest BCUT2D eigenvalue weighted by molar-refractivity contribution is 0.00578. The van der Waals surface area contributed by atoms with Gasteiger partial charge in [0.2, 0.25) is 0 Å². The Labute approximate surface area is 134 Å². The third-order valence-corrected chi connectivity index (χ3v) is 4.42. The Morgan fingerprint density at radius 2 is 1.55 bits per heavy atom. The van der Waals surface area contributed by atoms with Crippen LogP contribution in [0.25, 0.3) is 0 Å². The van der Waals surface area contributed by atoms with E-state index in [1.165, 1.54) is 0 Å². The average molecular weight is 305 g/mol. The standard InChI is InChI=1S/C17H28BNO3/c1-16(2)17(3,4)22-18(21-16)14-8-10-15(11-9-14)20-13-7-12-19(5)6/h8-11H,7,12-13H2,1-6H3. The number of rotatable bonds is 6. The first-order valence-electron chi connectivity index (χ1n) is 7.94. The Bertz CT molecular complexity index is 469. The van der Waals surface area contributed by atoms with Gasteiger partial charge in [0.15, 0.2) is 0 Å². The Hall–Kier alpha value is -1.04. The molecule has 1 aliphatic rings. The lowest BCUT2D eigenvalue weighted by Gasteiger charge is -2.32. The van der Waals surface area contributed by atoms with Gasteiger partial charge in [0.05, 0.1) is 17.8 Å². The van der Waals surface area contributed by atoms with Crippen molar-refractivity contribution < 1.29 is 14.0 Å². The highest BCUT2D eigenvalue weighted by Crippen LogP contribution is 2.36. The molecule has 0 aromatic heterocycles. The minimum atomic E-state index is -0.312. The van der Waals surface area contributed by atoms with Gasteiger partial charge in [0.1, 0.15) is 5.75 Å². The van der Waals surface area contributed by atoms with E-state index in [-0.39, 0.29) is 18.3 Å². The van der Waals surface area contributed by atoms with E-state index in [4.69, 9.17) is 14.0 Å². The SMILES string of the molecule is CN(C)CCCOc1ccc(B2OC(C)(C)C(C)(C)O2)cc1. The van der Waals surface area contributed by atoms with E-state index in [1.807, 2.05) is 24.3 Å². The maximum atomic E-state index is 6.05.